The summed E-state index contributed by atoms with van der Waals surface area (Å²) in [6, 6.07) is 0. The van der Waals surface area contributed by atoms with E-state index in [9.17, 15) is 4.79 Å². The predicted octanol–water partition coefficient (Wildman–Crippen LogP) is -0.107. The van der Waals surface area contributed by atoms with E-state index >= 15 is 0 Å². The number of aliphatic hydroxyl groups excluding tert-OH is 1. The molecule has 1 aliphatic rings. The minimum Gasteiger partial charge on any atom is -0.392 e. The van der Waals surface area contributed by atoms with Crippen LogP contribution in [-0.2, 0) is 4.79 Å². The van der Waals surface area contributed by atoms with Crippen LogP contribution >= 0.6 is 0 Å². The quantitative estimate of drug-likeness (QED) is 0.579. The second kappa shape index (κ2) is 3.01. The minimum atomic E-state index is -0.428. The van der Waals surface area contributed by atoms with Crippen LogP contribution in [0.5, 0.6) is 0 Å². The molecule has 1 rings (SSSR count). The zero-order valence-corrected chi connectivity index (χ0v) is 6.13. The summed E-state index contributed by atoms with van der Waals surface area (Å²) in [6.07, 6.45) is 1.61. The Morgan fingerprint density at radius 2 is 2.40 bits per heavy atom. The fourth-order valence-corrected chi connectivity index (χ4v) is 0.738. The Balaban J connectivity index is 2.06. The minimum absolute atomic E-state index is 0.0981. The molecule has 0 aromatic heterocycles. The maximum Gasteiger partial charge on any atom is 0.223 e. The first-order valence-corrected chi connectivity index (χ1v) is 3.66. The summed E-state index contributed by atoms with van der Waals surface area (Å²) in [7, 11) is 0. The fraction of sp³-hybridized carbons (Fsp3) is 0.857. The number of amides is 1. The molecule has 1 amide bonds. The third-order valence-corrected chi connectivity index (χ3v) is 1.52. The van der Waals surface area contributed by atoms with Crippen LogP contribution in [0, 0.1) is 5.92 Å². The lowest BCUT2D eigenvalue weighted by atomic mass is 10.3. The Morgan fingerprint density at radius 1 is 1.80 bits per heavy atom. The molecule has 1 aliphatic carbocycles. The van der Waals surface area contributed by atoms with E-state index in [1.807, 2.05) is 0 Å². The van der Waals surface area contributed by atoms with Gasteiger partial charge in [-0.05, 0) is 19.8 Å². The van der Waals surface area contributed by atoms with Crippen molar-refractivity contribution in [1.29, 1.82) is 0 Å². The van der Waals surface area contributed by atoms with Crippen molar-refractivity contribution in [2.24, 2.45) is 5.92 Å². The maximum atomic E-state index is 10.9. The molecule has 1 unspecified atom stereocenters. The third kappa shape index (κ3) is 2.35. The normalized spacial score (nSPS) is 20.2. The number of nitrogens with one attached hydrogen (secondary N) is 1. The highest BCUT2D eigenvalue weighted by atomic mass is 16.3. The Morgan fingerprint density at radius 3 is 2.80 bits per heavy atom. The molecule has 3 nitrogen and oxygen atoms in total. The van der Waals surface area contributed by atoms with E-state index in [0.717, 1.165) is 12.8 Å². The summed E-state index contributed by atoms with van der Waals surface area (Å²) in [5.74, 6) is 0.347. The van der Waals surface area contributed by atoms with E-state index in [-0.39, 0.29) is 11.8 Å². The van der Waals surface area contributed by atoms with Gasteiger partial charge in [0.05, 0.1) is 6.10 Å². The highest BCUT2D eigenvalue weighted by Crippen LogP contribution is 2.28. The highest BCUT2D eigenvalue weighted by molar-refractivity contribution is 5.80. The van der Waals surface area contributed by atoms with Crippen LogP contribution in [0.2, 0.25) is 0 Å². The second-order valence-electron chi connectivity index (χ2n) is 2.87. The van der Waals surface area contributed by atoms with Crippen molar-refractivity contribution in [2.45, 2.75) is 25.9 Å². The van der Waals surface area contributed by atoms with Crippen LogP contribution < -0.4 is 5.32 Å². The summed E-state index contributed by atoms with van der Waals surface area (Å²) in [5.41, 5.74) is 0. The molecule has 0 saturated heterocycles. The lowest BCUT2D eigenvalue weighted by Crippen LogP contribution is -2.31. The van der Waals surface area contributed by atoms with Gasteiger partial charge in [0.2, 0.25) is 5.91 Å². The van der Waals surface area contributed by atoms with Gasteiger partial charge in [-0.2, -0.15) is 0 Å². The van der Waals surface area contributed by atoms with E-state index in [2.05, 4.69) is 5.32 Å². The number of carbonyl (C=O) groups is 1. The standard InChI is InChI=1S/C7H13NO2/c1-5(9)4-8-7(10)6-2-3-6/h5-6,9H,2-4H2,1H3,(H,8,10). The largest absolute Gasteiger partial charge is 0.392 e. The zero-order valence-electron chi connectivity index (χ0n) is 6.13. The average Bonchev–Trinajstić information content (AvgIpc) is 2.63. The van der Waals surface area contributed by atoms with Gasteiger partial charge < -0.3 is 10.4 Å². The topological polar surface area (TPSA) is 49.3 Å². The van der Waals surface area contributed by atoms with Crippen LogP contribution in [0.4, 0.5) is 0 Å². The molecule has 1 saturated carbocycles. The van der Waals surface area contributed by atoms with Gasteiger partial charge in [0.15, 0.2) is 0 Å². The molecular weight excluding hydrogens is 130 g/mol. The molecule has 0 aromatic carbocycles. The summed E-state index contributed by atoms with van der Waals surface area (Å²) >= 11 is 0. The Labute approximate surface area is 60.4 Å². The number of hydrogen-bond donors (Lipinski definition) is 2. The Bertz CT molecular complexity index is 130. The van der Waals surface area contributed by atoms with Crippen molar-refractivity contribution in [3.8, 4) is 0 Å². The van der Waals surface area contributed by atoms with Gasteiger partial charge in [0.25, 0.3) is 0 Å². The molecule has 0 spiro atoms. The smallest absolute Gasteiger partial charge is 0.223 e. The molecule has 0 radical (unpaired) electrons. The molecule has 0 heterocycles. The number of hydrogen-bond acceptors (Lipinski definition) is 2. The van der Waals surface area contributed by atoms with Gasteiger partial charge in [-0.1, -0.05) is 0 Å². The van der Waals surface area contributed by atoms with E-state index in [1.54, 1.807) is 6.92 Å². The van der Waals surface area contributed by atoms with Gasteiger partial charge in [-0.25, -0.2) is 0 Å². The zero-order chi connectivity index (χ0) is 7.56. The highest BCUT2D eigenvalue weighted by Gasteiger charge is 2.29. The third-order valence-electron chi connectivity index (χ3n) is 1.52. The molecular formula is C7H13NO2. The van der Waals surface area contributed by atoms with Crippen LogP contribution in [-0.4, -0.2) is 23.7 Å². The van der Waals surface area contributed by atoms with Crippen molar-refractivity contribution in [3.63, 3.8) is 0 Å². The summed E-state index contributed by atoms with van der Waals surface area (Å²) in [5, 5.41) is 11.4. The lowest BCUT2D eigenvalue weighted by Gasteiger charge is -2.04. The summed E-state index contributed by atoms with van der Waals surface area (Å²) in [6.45, 7) is 2.04. The molecule has 10 heavy (non-hydrogen) atoms. The summed E-state index contributed by atoms with van der Waals surface area (Å²) in [4.78, 5) is 10.9. The van der Waals surface area contributed by atoms with Crippen molar-refractivity contribution < 1.29 is 9.90 Å². The molecule has 3 heteroatoms. The van der Waals surface area contributed by atoms with Gasteiger partial charge in [0, 0.05) is 12.5 Å². The maximum absolute atomic E-state index is 10.9. The predicted molar refractivity (Wildman–Crippen MR) is 37.4 cm³/mol. The van der Waals surface area contributed by atoms with Crippen LogP contribution in [0.1, 0.15) is 19.8 Å². The molecule has 58 valence electrons. The van der Waals surface area contributed by atoms with E-state index in [4.69, 9.17) is 5.11 Å². The second-order valence-corrected chi connectivity index (χ2v) is 2.87. The molecule has 1 fully saturated rings. The fourth-order valence-electron chi connectivity index (χ4n) is 0.738. The first-order chi connectivity index (χ1) is 4.70. The molecule has 0 aliphatic heterocycles. The van der Waals surface area contributed by atoms with Gasteiger partial charge in [0.1, 0.15) is 0 Å². The SMILES string of the molecule is CC(O)CNC(=O)C1CC1. The number of carbonyl (C=O) groups excluding carboxylic acids is 1. The van der Waals surface area contributed by atoms with E-state index < -0.39 is 6.10 Å². The average molecular weight is 143 g/mol. The molecule has 2 N–H and O–H groups in total. The first kappa shape index (κ1) is 7.54. The lowest BCUT2D eigenvalue weighted by molar-refractivity contribution is -0.122. The number of rotatable bonds is 3. The van der Waals surface area contributed by atoms with Crippen LogP contribution in [0.15, 0.2) is 0 Å². The number of aliphatic hydroxyl groups is 1. The van der Waals surface area contributed by atoms with Crippen molar-refractivity contribution in [2.75, 3.05) is 6.54 Å². The summed E-state index contributed by atoms with van der Waals surface area (Å²) < 4.78 is 0. The van der Waals surface area contributed by atoms with E-state index in [1.165, 1.54) is 0 Å². The molecule has 0 bridgehead atoms. The van der Waals surface area contributed by atoms with Gasteiger partial charge in [-0.15, -0.1) is 0 Å². The van der Waals surface area contributed by atoms with Crippen LogP contribution in [0.25, 0.3) is 0 Å². The Kier molecular flexibility index (Phi) is 2.27. The van der Waals surface area contributed by atoms with Crippen molar-refractivity contribution in [3.05, 3.63) is 0 Å². The monoisotopic (exact) mass is 143 g/mol. The molecule has 0 aromatic rings. The van der Waals surface area contributed by atoms with Gasteiger partial charge >= 0.3 is 0 Å². The van der Waals surface area contributed by atoms with E-state index in [0.29, 0.717) is 6.54 Å². The van der Waals surface area contributed by atoms with Crippen molar-refractivity contribution >= 4 is 5.91 Å². The van der Waals surface area contributed by atoms with Crippen LogP contribution in [0.3, 0.4) is 0 Å². The van der Waals surface area contributed by atoms with Crippen molar-refractivity contribution in [1.82, 2.24) is 5.32 Å². The Hall–Kier alpha value is -0.570. The first-order valence-electron chi connectivity index (χ1n) is 3.66. The molecule has 1 atom stereocenters. The van der Waals surface area contributed by atoms with Gasteiger partial charge in [-0.3, -0.25) is 4.79 Å².